The summed E-state index contributed by atoms with van der Waals surface area (Å²) in [6, 6.07) is 0. The molecule has 0 radical (unpaired) electrons. The van der Waals surface area contributed by atoms with Crippen LogP contribution < -0.4 is 5.32 Å². The summed E-state index contributed by atoms with van der Waals surface area (Å²) >= 11 is 0. The summed E-state index contributed by atoms with van der Waals surface area (Å²) in [6.07, 6.45) is 15.5. The van der Waals surface area contributed by atoms with Gasteiger partial charge < -0.3 is 5.32 Å². The molecular weight excluding hydrogens is 338 g/mol. The normalized spacial score (nSPS) is 42.2. The summed E-state index contributed by atoms with van der Waals surface area (Å²) in [4.78, 5) is 0. The van der Waals surface area contributed by atoms with Crippen molar-refractivity contribution in [3.8, 4) is 0 Å². The molecule has 2 fully saturated rings. The Bertz CT molecular complexity index is 473. The van der Waals surface area contributed by atoms with E-state index in [1.54, 1.807) is 0 Å². The number of unbranched alkanes of at least 4 members (excludes halogenated alkanes) is 1. The molecule has 1 heteroatoms. The largest absolute Gasteiger partial charge is 0.311 e. The molecule has 7 unspecified atom stereocenters. The van der Waals surface area contributed by atoms with Crippen molar-refractivity contribution in [2.45, 2.75) is 132 Å². The van der Waals surface area contributed by atoms with Gasteiger partial charge in [-0.3, -0.25) is 0 Å². The Hall–Kier alpha value is -0.0400. The highest BCUT2D eigenvalue weighted by atomic mass is 15.0. The van der Waals surface area contributed by atoms with Gasteiger partial charge in [-0.05, 0) is 79.6 Å². The van der Waals surface area contributed by atoms with Gasteiger partial charge in [0, 0.05) is 5.54 Å². The predicted octanol–water partition coefficient (Wildman–Crippen LogP) is 8.23. The zero-order valence-electron chi connectivity index (χ0n) is 20.8. The van der Waals surface area contributed by atoms with Gasteiger partial charge in [0.15, 0.2) is 0 Å². The standard InChI is InChI=1S/C27H53N/c1-9-14-16-23-17-24(21(6)15-10-2)20-27(19-23,28-13-5)26(12-4)18-22(7)25(26,8)11-3/h21-24,28H,9-20H2,1-8H3. The van der Waals surface area contributed by atoms with Crippen LogP contribution in [0.5, 0.6) is 0 Å². The molecule has 0 heterocycles. The van der Waals surface area contributed by atoms with Gasteiger partial charge in [0.2, 0.25) is 0 Å². The van der Waals surface area contributed by atoms with Crippen molar-refractivity contribution in [2.75, 3.05) is 6.54 Å². The highest BCUT2D eigenvalue weighted by Crippen LogP contribution is 2.71. The van der Waals surface area contributed by atoms with Crippen LogP contribution in [0.4, 0.5) is 0 Å². The average molecular weight is 392 g/mol. The Morgan fingerprint density at radius 2 is 1.68 bits per heavy atom. The Kier molecular flexibility index (Phi) is 8.52. The molecule has 7 atom stereocenters. The van der Waals surface area contributed by atoms with E-state index in [0.717, 1.165) is 30.2 Å². The third-order valence-corrected chi connectivity index (χ3v) is 10.0. The van der Waals surface area contributed by atoms with Gasteiger partial charge in [-0.25, -0.2) is 0 Å². The zero-order chi connectivity index (χ0) is 21.0. The number of rotatable bonds is 11. The molecular formula is C27H53N. The smallest absolute Gasteiger partial charge is 0.0248 e. The van der Waals surface area contributed by atoms with Crippen LogP contribution in [-0.2, 0) is 0 Å². The first-order valence-corrected chi connectivity index (χ1v) is 13.0. The van der Waals surface area contributed by atoms with Crippen LogP contribution in [0.15, 0.2) is 0 Å². The molecule has 0 bridgehead atoms. The van der Waals surface area contributed by atoms with Gasteiger partial charge >= 0.3 is 0 Å². The fourth-order valence-corrected chi connectivity index (χ4v) is 8.14. The molecule has 2 aliphatic carbocycles. The molecule has 1 N–H and O–H groups in total. The Morgan fingerprint density at radius 3 is 2.18 bits per heavy atom. The molecule has 2 saturated carbocycles. The molecule has 1 nitrogen and oxygen atoms in total. The quantitative estimate of drug-likeness (QED) is 0.374. The Balaban J connectivity index is 2.45. The van der Waals surface area contributed by atoms with E-state index < -0.39 is 0 Å². The van der Waals surface area contributed by atoms with Gasteiger partial charge in [0.25, 0.3) is 0 Å². The number of nitrogens with one attached hydrogen (secondary N) is 1. The van der Waals surface area contributed by atoms with Crippen molar-refractivity contribution in [3.63, 3.8) is 0 Å². The zero-order valence-corrected chi connectivity index (χ0v) is 20.8. The first kappa shape index (κ1) is 24.2. The molecule has 2 rings (SSSR count). The van der Waals surface area contributed by atoms with Crippen molar-refractivity contribution in [2.24, 2.45) is 34.5 Å². The van der Waals surface area contributed by atoms with Crippen molar-refractivity contribution in [3.05, 3.63) is 0 Å². The summed E-state index contributed by atoms with van der Waals surface area (Å²) in [6.45, 7) is 21.0. The fraction of sp³-hybridized carbons (Fsp3) is 1.00. The maximum Gasteiger partial charge on any atom is 0.0248 e. The first-order valence-electron chi connectivity index (χ1n) is 13.0. The van der Waals surface area contributed by atoms with Crippen molar-refractivity contribution < 1.29 is 0 Å². The maximum atomic E-state index is 4.24. The van der Waals surface area contributed by atoms with Crippen LogP contribution in [0.25, 0.3) is 0 Å². The second kappa shape index (κ2) is 9.84. The lowest BCUT2D eigenvalue weighted by Gasteiger charge is -2.72. The fourth-order valence-electron chi connectivity index (χ4n) is 8.14. The molecule has 2 aliphatic rings. The molecule has 0 saturated heterocycles. The summed E-state index contributed by atoms with van der Waals surface area (Å²) in [7, 11) is 0. The van der Waals surface area contributed by atoms with Gasteiger partial charge in [-0.1, -0.05) is 87.5 Å². The van der Waals surface area contributed by atoms with E-state index in [0.29, 0.717) is 16.4 Å². The maximum absolute atomic E-state index is 4.24. The van der Waals surface area contributed by atoms with Crippen molar-refractivity contribution in [1.82, 2.24) is 5.32 Å². The minimum Gasteiger partial charge on any atom is -0.311 e. The van der Waals surface area contributed by atoms with Gasteiger partial charge in [0.05, 0.1) is 0 Å². The highest BCUT2D eigenvalue weighted by Gasteiger charge is 2.68. The molecule has 0 aliphatic heterocycles. The molecule has 166 valence electrons. The lowest BCUT2D eigenvalue weighted by atomic mass is 9.35. The number of hydrogen-bond acceptors (Lipinski definition) is 1. The Morgan fingerprint density at radius 1 is 0.964 bits per heavy atom. The summed E-state index contributed by atoms with van der Waals surface area (Å²) in [5.41, 5.74) is 1.34. The topological polar surface area (TPSA) is 12.0 Å². The van der Waals surface area contributed by atoms with Crippen molar-refractivity contribution in [1.29, 1.82) is 0 Å². The molecule has 0 aromatic heterocycles. The van der Waals surface area contributed by atoms with Gasteiger partial charge in [-0.15, -0.1) is 0 Å². The van der Waals surface area contributed by atoms with E-state index in [4.69, 9.17) is 0 Å². The SMILES string of the molecule is CCCCC1CC(C(C)CCC)CC(NCC)(C2(CC)CC(C)C2(C)CC)C1. The average Bonchev–Trinajstić information content (AvgIpc) is 2.69. The lowest BCUT2D eigenvalue weighted by molar-refractivity contribution is -0.207. The molecule has 0 aromatic carbocycles. The monoisotopic (exact) mass is 391 g/mol. The molecule has 0 spiro atoms. The van der Waals surface area contributed by atoms with E-state index in [-0.39, 0.29) is 0 Å². The van der Waals surface area contributed by atoms with Crippen LogP contribution in [0.3, 0.4) is 0 Å². The predicted molar refractivity (Wildman–Crippen MR) is 126 cm³/mol. The Labute approximate surface area is 178 Å². The van der Waals surface area contributed by atoms with Gasteiger partial charge in [0.1, 0.15) is 0 Å². The number of hydrogen-bond donors (Lipinski definition) is 1. The van der Waals surface area contributed by atoms with E-state index in [1.807, 2.05) is 0 Å². The van der Waals surface area contributed by atoms with E-state index in [9.17, 15) is 0 Å². The minimum atomic E-state index is 0.358. The van der Waals surface area contributed by atoms with E-state index in [2.05, 4.69) is 60.7 Å². The lowest BCUT2D eigenvalue weighted by Crippen LogP contribution is -2.73. The van der Waals surface area contributed by atoms with Crippen LogP contribution in [0.2, 0.25) is 0 Å². The van der Waals surface area contributed by atoms with Crippen LogP contribution in [0, 0.1) is 34.5 Å². The second-order valence-corrected chi connectivity index (χ2v) is 11.1. The molecule has 28 heavy (non-hydrogen) atoms. The first-order chi connectivity index (χ1) is 13.3. The summed E-state index contributed by atoms with van der Waals surface area (Å²) < 4.78 is 0. The molecule has 0 aromatic rings. The summed E-state index contributed by atoms with van der Waals surface area (Å²) in [5.74, 6) is 3.59. The van der Waals surface area contributed by atoms with Gasteiger partial charge in [-0.2, -0.15) is 0 Å². The third kappa shape index (κ3) is 3.95. The third-order valence-electron chi connectivity index (χ3n) is 10.0. The van der Waals surface area contributed by atoms with Crippen LogP contribution in [-0.4, -0.2) is 12.1 Å². The van der Waals surface area contributed by atoms with E-state index in [1.165, 1.54) is 70.6 Å². The van der Waals surface area contributed by atoms with Crippen molar-refractivity contribution >= 4 is 0 Å². The second-order valence-electron chi connectivity index (χ2n) is 11.1. The minimum absolute atomic E-state index is 0.358. The molecule has 0 amide bonds. The highest BCUT2D eigenvalue weighted by molar-refractivity contribution is 5.20. The van der Waals surface area contributed by atoms with E-state index >= 15 is 0 Å². The van der Waals surface area contributed by atoms with Crippen LogP contribution in [0.1, 0.15) is 126 Å². The summed E-state index contributed by atoms with van der Waals surface area (Å²) in [5, 5.41) is 4.24. The van der Waals surface area contributed by atoms with Crippen LogP contribution >= 0.6 is 0 Å².